The lowest BCUT2D eigenvalue weighted by Gasteiger charge is -2.05. The molecular weight excluding hydrogens is 376 g/mol. The van der Waals surface area contributed by atoms with Gasteiger partial charge in [0.05, 0.1) is 11.5 Å². The van der Waals surface area contributed by atoms with E-state index in [4.69, 9.17) is 0 Å². The molecule has 0 amide bonds. The number of hydrogen-bond donors (Lipinski definition) is 0. The standard InChI is InChI=1S/C22H44O3S2/c1-3-4-5-6-14-17-20-27(24,25)21-18-15-12-10-8-7-9-11-13-16-19-26-22(2)23/h3-21H2,1-2H3. The van der Waals surface area contributed by atoms with Crippen molar-refractivity contribution < 1.29 is 13.2 Å². The Morgan fingerprint density at radius 3 is 1.41 bits per heavy atom. The summed E-state index contributed by atoms with van der Waals surface area (Å²) in [6.07, 6.45) is 18.6. The van der Waals surface area contributed by atoms with E-state index in [1.807, 2.05) is 0 Å². The topological polar surface area (TPSA) is 51.2 Å². The molecule has 0 spiro atoms. The van der Waals surface area contributed by atoms with Crippen LogP contribution in [0.3, 0.4) is 0 Å². The molecule has 0 saturated heterocycles. The third-order valence-corrected chi connectivity index (χ3v) is 7.68. The third kappa shape index (κ3) is 22.1. The fourth-order valence-corrected chi connectivity index (χ4v) is 5.39. The zero-order chi connectivity index (χ0) is 20.2. The third-order valence-electron chi connectivity index (χ3n) is 4.96. The van der Waals surface area contributed by atoms with E-state index < -0.39 is 9.84 Å². The van der Waals surface area contributed by atoms with Gasteiger partial charge in [-0.3, -0.25) is 4.79 Å². The van der Waals surface area contributed by atoms with E-state index in [0.29, 0.717) is 11.5 Å². The maximum Gasteiger partial charge on any atom is 0.185 e. The summed E-state index contributed by atoms with van der Waals surface area (Å²) in [5, 5.41) is 0.227. The predicted molar refractivity (Wildman–Crippen MR) is 121 cm³/mol. The maximum atomic E-state index is 12.0. The molecule has 0 heterocycles. The van der Waals surface area contributed by atoms with Crippen molar-refractivity contribution in [3.8, 4) is 0 Å². The molecule has 0 rings (SSSR count). The Morgan fingerprint density at radius 1 is 0.630 bits per heavy atom. The molecule has 162 valence electrons. The average Bonchev–Trinajstić information content (AvgIpc) is 2.61. The van der Waals surface area contributed by atoms with Gasteiger partial charge in [0.25, 0.3) is 0 Å². The van der Waals surface area contributed by atoms with Gasteiger partial charge in [0.2, 0.25) is 0 Å². The highest BCUT2D eigenvalue weighted by Crippen LogP contribution is 2.13. The van der Waals surface area contributed by atoms with Crippen molar-refractivity contribution in [2.75, 3.05) is 17.3 Å². The van der Waals surface area contributed by atoms with Crippen molar-refractivity contribution in [1.29, 1.82) is 0 Å². The minimum Gasteiger partial charge on any atom is -0.288 e. The van der Waals surface area contributed by atoms with Crippen molar-refractivity contribution in [2.24, 2.45) is 0 Å². The second kappa shape index (κ2) is 19.3. The van der Waals surface area contributed by atoms with Crippen LogP contribution in [0.4, 0.5) is 0 Å². The number of unbranched alkanes of at least 4 members (excludes halogenated alkanes) is 14. The molecule has 0 radical (unpaired) electrons. The molecule has 0 aromatic carbocycles. The highest BCUT2D eigenvalue weighted by Gasteiger charge is 2.09. The number of rotatable bonds is 20. The molecule has 0 atom stereocenters. The first-order chi connectivity index (χ1) is 13.0. The molecule has 0 saturated carbocycles. The van der Waals surface area contributed by atoms with Gasteiger partial charge in [-0.05, 0) is 19.3 Å². The molecule has 0 N–H and O–H groups in total. The first-order valence-electron chi connectivity index (χ1n) is 11.3. The van der Waals surface area contributed by atoms with Crippen LogP contribution in [0, 0.1) is 0 Å². The second-order valence-corrected chi connectivity index (χ2v) is 11.4. The van der Waals surface area contributed by atoms with E-state index in [1.165, 1.54) is 82.4 Å². The Bertz CT molecular complexity index is 433. The summed E-state index contributed by atoms with van der Waals surface area (Å²) in [6.45, 7) is 3.83. The van der Waals surface area contributed by atoms with Crippen LogP contribution in [-0.2, 0) is 14.6 Å². The van der Waals surface area contributed by atoms with Crippen LogP contribution in [0.5, 0.6) is 0 Å². The lowest BCUT2D eigenvalue weighted by atomic mass is 10.1. The Kier molecular flexibility index (Phi) is 19.3. The van der Waals surface area contributed by atoms with E-state index >= 15 is 0 Å². The van der Waals surface area contributed by atoms with Gasteiger partial charge in [0.1, 0.15) is 9.84 Å². The van der Waals surface area contributed by atoms with Gasteiger partial charge in [-0.25, -0.2) is 8.42 Å². The van der Waals surface area contributed by atoms with Crippen LogP contribution in [0.15, 0.2) is 0 Å². The summed E-state index contributed by atoms with van der Waals surface area (Å²) in [6, 6.07) is 0. The molecule has 0 aromatic heterocycles. The fraction of sp³-hybridized carbons (Fsp3) is 0.955. The van der Waals surface area contributed by atoms with E-state index in [2.05, 4.69) is 6.92 Å². The lowest BCUT2D eigenvalue weighted by Crippen LogP contribution is -2.11. The van der Waals surface area contributed by atoms with Crippen molar-refractivity contribution in [3.05, 3.63) is 0 Å². The highest BCUT2D eigenvalue weighted by atomic mass is 32.2. The monoisotopic (exact) mass is 420 g/mol. The average molecular weight is 421 g/mol. The minimum absolute atomic E-state index is 0.227. The van der Waals surface area contributed by atoms with Crippen LogP contribution in [0.25, 0.3) is 0 Å². The maximum absolute atomic E-state index is 12.0. The molecule has 0 aliphatic heterocycles. The molecule has 5 heteroatoms. The Hall–Kier alpha value is -0.0300. The van der Waals surface area contributed by atoms with Crippen molar-refractivity contribution in [3.63, 3.8) is 0 Å². The number of hydrogen-bond acceptors (Lipinski definition) is 4. The lowest BCUT2D eigenvalue weighted by molar-refractivity contribution is -0.109. The molecule has 0 aromatic rings. The quantitative estimate of drug-likeness (QED) is 0.200. The first-order valence-corrected chi connectivity index (χ1v) is 14.1. The first kappa shape index (κ1) is 27.0. The molecule has 0 aliphatic carbocycles. The van der Waals surface area contributed by atoms with Crippen LogP contribution >= 0.6 is 11.8 Å². The fourth-order valence-electron chi connectivity index (χ4n) is 3.26. The summed E-state index contributed by atoms with van der Waals surface area (Å²) < 4.78 is 24.0. The highest BCUT2D eigenvalue weighted by molar-refractivity contribution is 8.13. The summed E-state index contributed by atoms with van der Waals surface area (Å²) in [5.41, 5.74) is 0. The zero-order valence-corrected chi connectivity index (χ0v) is 19.6. The number of carbonyl (C=O) groups excluding carboxylic acids is 1. The van der Waals surface area contributed by atoms with Crippen LogP contribution < -0.4 is 0 Å². The number of sulfone groups is 1. The summed E-state index contributed by atoms with van der Waals surface area (Å²) >= 11 is 1.44. The Balaban J connectivity index is 3.31. The van der Waals surface area contributed by atoms with Gasteiger partial charge >= 0.3 is 0 Å². The van der Waals surface area contributed by atoms with Gasteiger partial charge in [-0.2, -0.15) is 0 Å². The van der Waals surface area contributed by atoms with Crippen LogP contribution in [0.2, 0.25) is 0 Å². The number of carbonyl (C=O) groups is 1. The smallest absolute Gasteiger partial charge is 0.185 e. The summed E-state index contributed by atoms with van der Waals surface area (Å²) in [5.74, 6) is 1.75. The zero-order valence-electron chi connectivity index (χ0n) is 18.0. The van der Waals surface area contributed by atoms with Crippen molar-refractivity contribution in [1.82, 2.24) is 0 Å². The molecule has 0 fully saturated rings. The van der Waals surface area contributed by atoms with Gasteiger partial charge < -0.3 is 0 Å². The van der Waals surface area contributed by atoms with E-state index in [0.717, 1.165) is 37.9 Å². The Morgan fingerprint density at radius 2 is 1.00 bits per heavy atom. The normalized spacial score (nSPS) is 11.8. The van der Waals surface area contributed by atoms with Gasteiger partial charge in [-0.15, -0.1) is 0 Å². The van der Waals surface area contributed by atoms with Crippen LogP contribution in [0.1, 0.15) is 117 Å². The van der Waals surface area contributed by atoms with Crippen molar-refractivity contribution >= 4 is 26.7 Å². The molecular formula is C22H44O3S2. The second-order valence-electron chi connectivity index (χ2n) is 7.80. The Labute approximate surface area is 173 Å². The van der Waals surface area contributed by atoms with E-state index in [9.17, 15) is 13.2 Å². The minimum atomic E-state index is -2.82. The largest absolute Gasteiger partial charge is 0.288 e. The summed E-state index contributed by atoms with van der Waals surface area (Å²) in [4.78, 5) is 10.8. The van der Waals surface area contributed by atoms with Gasteiger partial charge in [0, 0.05) is 12.7 Å². The van der Waals surface area contributed by atoms with Crippen LogP contribution in [-0.4, -0.2) is 30.8 Å². The predicted octanol–water partition coefficient (Wildman–Crippen LogP) is 6.94. The molecule has 0 bridgehead atoms. The molecule has 0 unspecified atom stereocenters. The SMILES string of the molecule is CCCCCCCCS(=O)(=O)CCCCCCCCCCCCSC(C)=O. The summed E-state index contributed by atoms with van der Waals surface area (Å²) in [7, 11) is -2.82. The van der Waals surface area contributed by atoms with E-state index in [-0.39, 0.29) is 5.12 Å². The van der Waals surface area contributed by atoms with Crippen molar-refractivity contribution in [2.45, 2.75) is 117 Å². The van der Waals surface area contributed by atoms with Gasteiger partial charge in [-0.1, -0.05) is 102 Å². The van der Waals surface area contributed by atoms with Gasteiger partial charge in [0.15, 0.2) is 5.12 Å². The molecule has 0 aliphatic rings. The molecule has 3 nitrogen and oxygen atoms in total. The number of thioether (sulfide) groups is 1. The van der Waals surface area contributed by atoms with E-state index in [1.54, 1.807) is 6.92 Å². The molecule has 27 heavy (non-hydrogen) atoms.